The van der Waals surface area contributed by atoms with Crippen molar-refractivity contribution in [3.05, 3.63) is 22.7 Å². The normalized spacial score (nSPS) is 9.82. The number of ether oxygens (including phenoxy) is 1. The SMILES string of the molecule is COc1ccc(N(C)C(=O)CC(=O)O)cc1Br. The van der Waals surface area contributed by atoms with Crippen LogP contribution >= 0.6 is 15.9 Å². The topological polar surface area (TPSA) is 66.8 Å². The first-order chi connectivity index (χ1) is 7.95. The van der Waals surface area contributed by atoms with Crippen molar-refractivity contribution in [3.8, 4) is 5.75 Å². The van der Waals surface area contributed by atoms with E-state index in [4.69, 9.17) is 9.84 Å². The number of nitrogens with zero attached hydrogens (tertiary/aromatic N) is 1. The Morgan fingerprint density at radius 2 is 2.12 bits per heavy atom. The fourth-order valence-corrected chi connectivity index (χ4v) is 1.78. The third kappa shape index (κ3) is 3.45. The Morgan fingerprint density at radius 3 is 2.59 bits per heavy atom. The maximum absolute atomic E-state index is 11.5. The van der Waals surface area contributed by atoms with E-state index >= 15 is 0 Å². The monoisotopic (exact) mass is 301 g/mol. The lowest BCUT2D eigenvalue weighted by atomic mass is 10.2. The van der Waals surface area contributed by atoms with Gasteiger partial charge in [0.1, 0.15) is 12.2 Å². The maximum atomic E-state index is 11.5. The molecule has 1 aromatic rings. The molecule has 0 saturated heterocycles. The second-order valence-electron chi connectivity index (χ2n) is 3.34. The first-order valence-electron chi connectivity index (χ1n) is 4.77. The largest absolute Gasteiger partial charge is 0.496 e. The lowest BCUT2D eigenvalue weighted by Gasteiger charge is -2.17. The summed E-state index contributed by atoms with van der Waals surface area (Å²) in [5.41, 5.74) is 0.601. The minimum Gasteiger partial charge on any atom is -0.496 e. The summed E-state index contributed by atoms with van der Waals surface area (Å²) in [6.07, 6.45) is -0.528. The number of amides is 1. The standard InChI is InChI=1S/C11H12BrNO4/c1-13(10(14)6-11(15)16)7-3-4-9(17-2)8(12)5-7/h3-5H,6H2,1-2H3,(H,15,16). The predicted octanol–water partition coefficient (Wildman–Crippen LogP) is 1.90. The number of aliphatic carboxylic acids is 1. The number of carboxylic acid groups (broad SMARTS) is 1. The van der Waals surface area contributed by atoms with Gasteiger partial charge in [-0.2, -0.15) is 0 Å². The smallest absolute Gasteiger partial charge is 0.312 e. The van der Waals surface area contributed by atoms with E-state index in [0.29, 0.717) is 15.9 Å². The quantitative estimate of drug-likeness (QED) is 0.863. The van der Waals surface area contributed by atoms with Gasteiger partial charge in [0.25, 0.3) is 0 Å². The molecule has 0 unspecified atom stereocenters. The van der Waals surface area contributed by atoms with Crippen molar-refractivity contribution >= 4 is 33.5 Å². The number of benzene rings is 1. The molecule has 0 bridgehead atoms. The number of carbonyl (C=O) groups is 2. The highest BCUT2D eigenvalue weighted by molar-refractivity contribution is 9.10. The van der Waals surface area contributed by atoms with E-state index in [1.54, 1.807) is 25.3 Å². The van der Waals surface area contributed by atoms with Gasteiger partial charge in [-0.05, 0) is 34.1 Å². The molecule has 0 aliphatic heterocycles. The highest BCUT2D eigenvalue weighted by atomic mass is 79.9. The summed E-state index contributed by atoms with van der Waals surface area (Å²) >= 11 is 3.30. The van der Waals surface area contributed by atoms with E-state index in [-0.39, 0.29) is 0 Å². The molecule has 0 radical (unpaired) electrons. The number of carboxylic acids is 1. The predicted molar refractivity (Wildman–Crippen MR) is 66.4 cm³/mol. The van der Waals surface area contributed by atoms with E-state index in [1.165, 1.54) is 11.9 Å². The van der Waals surface area contributed by atoms with Gasteiger partial charge in [-0.25, -0.2) is 0 Å². The van der Waals surface area contributed by atoms with Crippen molar-refractivity contribution in [1.82, 2.24) is 0 Å². The van der Waals surface area contributed by atoms with Crippen LogP contribution in [-0.4, -0.2) is 31.1 Å². The van der Waals surface area contributed by atoms with Crippen LogP contribution in [0.5, 0.6) is 5.75 Å². The molecule has 0 heterocycles. The average molecular weight is 302 g/mol. The first-order valence-corrected chi connectivity index (χ1v) is 5.57. The molecule has 0 spiro atoms. The van der Waals surface area contributed by atoms with Crippen LogP contribution in [0.25, 0.3) is 0 Å². The fraction of sp³-hybridized carbons (Fsp3) is 0.273. The van der Waals surface area contributed by atoms with E-state index < -0.39 is 18.3 Å². The van der Waals surface area contributed by atoms with Crippen LogP contribution in [-0.2, 0) is 9.59 Å². The molecular weight excluding hydrogens is 290 g/mol. The molecule has 0 atom stereocenters. The summed E-state index contributed by atoms with van der Waals surface area (Å²) in [6, 6.07) is 5.08. The molecule has 17 heavy (non-hydrogen) atoms. The molecule has 0 aliphatic carbocycles. The van der Waals surface area contributed by atoms with E-state index in [2.05, 4.69) is 15.9 Å². The second-order valence-corrected chi connectivity index (χ2v) is 4.20. The van der Waals surface area contributed by atoms with Crippen LogP contribution in [0.4, 0.5) is 5.69 Å². The average Bonchev–Trinajstić information content (AvgIpc) is 2.27. The van der Waals surface area contributed by atoms with Crippen molar-refractivity contribution < 1.29 is 19.4 Å². The van der Waals surface area contributed by atoms with Crippen LogP contribution in [0.1, 0.15) is 6.42 Å². The van der Waals surface area contributed by atoms with Crippen LogP contribution in [0.3, 0.4) is 0 Å². The summed E-state index contributed by atoms with van der Waals surface area (Å²) in [5.74, 6) is -0.975. The Labute approximate surface area is 107 Å². The Hall–Kier alpha value is -1.56. The summed E-state index contributed by atoms with van der Waals surface area (Å²) in [7, 11) is 3.07. The summed E-state index contributed by atoms with van der Waals surface area (Å²) in [4.78, 5) is 23.2. The van der Waals surface area contributed by atoms with Gasteiger partial charge in [0.2, 0.25) is 5.91 Å². The number of hydrogen-bond acceptors (Lipinski definition) is 3. The van der Waals surface area contributed by atoms with Gasteiger partial charge in [0.15, 0.2) is 0 Å². The maximum Gasteiger partial charge on any atom is 0.312 e. The zero-order valence-electron chi connectivity index (χ0n) is 9.44. The third-order valence-corrected chi connectivity index (χ3v) is 2.82. The fourth-order valence-electron chi connectivity index (χ4n) is 1.26. The van der Waals surface area contributed by atoms with Crippen LogP contribution < -0.4 is 9.64 Å². The first kappa shape index (κ1) is 13.5. The minimum absolute atomic E-state index is 0.477. The second kappa shape index (κ2) is 5.67. The van der Waals surface area contributed by atoms with Crippen LogP contribution in [0.15, 0.2) is 22.7 Å². The molecule has 92 valence electrons. The Bertz CT molecular complexity index is 447. The summed E-state index contributed by atoms with van der Waals surface area (Å²) < 4.78 is 5.76. The number of anilines is 1. The molecule has 0 saturated carbocycles. The molecule has 1 amide bonds. The Balaban J connectivity index is 2.89. The third-order valence-electron chi connectivity index (χ3n) is 2.20. The highest BCUT2D eigenvalue weighted by Crippen LogP contribution is 2.29. The molecule has 0 fully saturated rings. The van der Waals surface area contributed by atoms with Gasteiger partial charge in [-0.15, -0.1) is 0 Å². The van der Waals surface area contributed by atoms with Gasteiger partial charge >= 0.3 is 5.97 Å². The van der Waals surface area contributed by atoms with Gasteiger partial charge < -0.3 is 14.7 Å². The van der Waals surface area contributed by atoms with Crippen LogP contribution in [0, 0.1) is 0 Å². The zero-order chi connectivity index (χ0) is 13.0. The van der Waals surface area contributed by atoms with Crippen molar-refractivity contribution in [2.75, 3.05) is 19.1 Å². The minimum atomic E-state index is -1.14. The summed E-state index contributed by atoms with van der Waals surface area (Å²) in [5, 5.41) is 8.54. The van der Waals surface area contributed by atoms with Gasteiger partial charge in [-0.3, -0.25) is 9.59 Å². The molecule has 0 aliphatic rings. The Kier molecular flexibility index (Phi) is 4.51. The van der Waals surface area contributed by atoms with Crippen molar-refractivity contribution in [3.63, 3.8) is 0 Å². The molecule has 5 nitrogen and oxygen atoms in total. The lowest BCUT2D eigenvalue weighted by Crippen LogP contribution is -2.28. The van der Waals surface area contributed by atoms with E-state index in [9.17, 15) is 9.59 Å². The number of hydrogen-bond donors (Lipinski definition) is 1. The number of halogens is 1. The number of methoxy groups -OCH3 is 1. The Morgan fingerprint density at radius 1 is 1.47 bits per heavy atom. The molecule has 1 N–H and O–H groups in total. The van der Waals surface area contributed by atoms with Gasteiger partial charge in [0.05, 0.1) is 11.6 Å². The van der Waals surface area contributed by atoms with Crippen molar-refractivity contribution in [2.45, 2.75) is 6.42 Å². The van der Waals surface area contributed by atoms with Crippen molar-refractivity contribution in [2.24, 2.45) is 0 Å². The molecular formula is C11H12BrNO4. The van der Waals surface area contributed by atoms with E-state index in [1.807, 2.05) is 0 Å². The lowest BCUT2D eigenvalue weighted by molar-refractivity contribution is -0.140. The van der Waals surface area contributed by atoms with Crippen molar-refractivity contribution in [1.29, 1.82) is 0 Å². The highest BCUT2D eigenvalue weighted by Gasteiger charge is 2.15. The molecule has 1 aromatic carbocycles. The zero-order valence-corrected chi connectivity index (χ0v) is 11.0. The van der Waals surface area contributed by atoms with Gasteiger partial charge in [0, 0.05) is 12.7 Å². The molecule has 0 aromatic heterocycles. The molecule has 6 heteroatoms. The molecule has 1 rings (SSSR count). The number of rotatable bonds is 4. The number of carbonyl (C=O) groups excluding carboxylic acids is 1. The van der Waals surface area contributed by atoms with Crippen LogP contribution in [0.2, 0.25) is 0 Å². The summed E-state index contributed by atoms with van der Waals surface area (Å²) in [6.45, 7) is 0. The van der Waals surface area contributed by atoms with Gasteiger partial charge in [-0.1, -0.05) is 0 Å². The van der Waals surface area contributed by atoms with E-state index in [0.717, 1.165) is 0 Å².